The van der Waals surface area contributed by atoms with Crippen LogP contribution in [0.5, 0.6) is 0 Å². The average Bonchev–Trinajstić information content (AvgIpc) is 3.12. The number of para-hydroxylation sites is 1. The molecule has 2 heterocycles. The van der Waals surface area contributed by atoms with Gasteiger partial charge in [0, 0.05) is 36.7 Å². The smallest absolute Gasteiger partial charge is 0.341 e. The Labute approximate surface area is 176 Å². The quantitative estimate of drug-likeness (QED) is 0.701. The molecule has 1 aromatic carbocycles. The van der Waals surface area contributed by atoms with Crippen LogP contribution in [-0.4, -0.2) is 56.1 Å². The Balaban J connectivity index is 1.56. The highest BCUT2D eigenvalue weighted by Gasteiger charge is 2.22. The van der Waals surface area contributed by atoms with Crippen LogP contribution in [0.3, 0.4) is 0 Å². The van der Waals surface area contributed by atoms with Crippen LogP contribution in [-0.2, 0) is 16.0 Å². The van der Waals surface area contributed by atoms with Crippen molar-refractivity contribution in [1.29, 1.82) is 0 Å². The van der Waals surface area contributed by atoms with Crippen molar-refractivity contribution in [3.63, 3.8) is 0 Å². The summed E-state index contributed by atoms with van der Waals surface area (Å²) in [7, 11) is 0. The van der Waals surface area contributed by atoms with Gasteiger partial charge in [0.15, 0.2) is 0 Å². The third-order valence-corrected chi connectivity index (χ3v) is 6.27. The summed E-state index contributed by atoms with van der Waals surface area (Å²) in [5, 5.41) is 3.51. The number of rotatable bonds is 7. The molecule has 1 aliphatic rings. The molecule has 7 heteroatoms. The number of benzene rings is 1. The monoisotopic (exact) mass is 415 g/mol. The van der Waals surface area contributed by atoms with E-state index < -0.39 is 0 Å². The predicted molar refractivity (Wildman–Crippen MR) is 118 cm³/mol. The number of amides is 1. The summed E-state index contributed by atoms with van der Waals surface area (Å²) in [5.41, 5.74) is 2.99. The number of hydrogen-bond donors (Lipinski definition) is 1. The van der Waals surface area contributed by atoms with E-state index in [1.54, 1.807) is 6.92 Å². The van der Waals surface area contributed by atoms with Crippen molar-refractivity contribution >= 4 is 33.9 Å². The van der Waals surface area contributed by atoms with Crippen molar-refractivity contribution in [3.8, 4) is 0 Å². The predicted octanol–water partition coefficient (Wildman–Crippen LogP) is 3.56. The van der Waals surface area contributed by atoms with Crippen LogP contribution >= 0.6 is 11.3 Å². The number of thiophene rings is 1. The van der Waals surface area contributed by atoms with E-state index in [2.05, 4.69) is 46.3 Å². The fraction of sp³-hybridized carbons (Fsp3) is 0.455. The molecule has 0 atom stereocenters. The number of piperazine rings is 1. The molecule has 1 aliphatic heterocycles. The Morgan fingerprint density at radius 2 is 1.86 bits per heavy atom. The fourth-order valence-electron chi connectivity index (χ4n) is 3.50. The first-order valence-corrected chi connectivity index (χ1v) is 11.0. The minimum Gasteiger partial charge on any atom is -0.462 e. The fourth-order valence-corrected chi connectivity index (χ4v) is 4.50. The summed E-state index contributed by atoms with van der Waals surface area (Å²) in [5.74, 6) is -0.477. The number of hydrogen-bond acceptors (Lipinski definition) is 6. The van der Waals surface area contributed by atoms with Crippen molar-refractivity contribution < 1.29 is 14.3 Å². The highest BCUT2D eigenvalue weighted by Crippen LogP contribution is 2.29. The van der Waals surface area contributed by atoms with Crippen LogP contribution in [0.1, 0.15) is 34.6 Å². The maximum Gasteiger partial charge on any atom is 0.341 e. The second-order valence-electron chi connectivity index (χ2n) is 7.13. The van der Waals surface area contributed by atoms with Crippen molar-refractivity contribution in [2.75, 3.05) is 49.5 Å². The van der Waals surface area contributed by atoms with E-state index in [0.29, 0.717) is 23.7 Å². The van der Waals surface area contributed by atoms with Crippen LogP contribution in [0.4, 0.5) is 10.7 Å². The molecule has 0 bridgehead atoms. The molecule has 3 rings (SSSR count). The van der Waals surface area contributed by atoms with E-state index >= 15 is 0 Å². The molecule has 1 aromatic heterocycles. The van der Waals surface area contributed by atoms with Gasteiger partial charge in [0.05, 0.1) is 18.7 Å². The van der Waals surface area contributed by atoms with Crippen LogP contribution in [0.2, 0.25) is 0 Å². The molecule has 1 N–H and O–H groups in total. The lowest BCUT2D eigenvalue weighted by Crippen LogP contribution is -2.48. The molecule has 0 unspecified atom stereocenters. The Bertz CT molecular complexity index is 857. The summed E-state index contributed by atoms with van der Waals surface area (Å²) in [6.45, 7) is 10.0. The largest absolute Gasteiger partial charge is 0.462 e. The van der Waals surface area contributed by atoms with Gasteiger partial charge in [-0.15, -0.1) is 11.3 Å². The molecule has 29 heavy (non-hydrogen) atoms. The Hall–Kier alpha value is -2.38. The highest BCUT2D eigenvalue weighted by molar-refractivity contribution is 7.16. The molecule has 1 amide bonds. The molecular weight excluding hydrogens is 386 g/mol. The number of aryl methyl sites for hydroxylation is 2. The lowest BCUT2D eigenvalue weighted by atomic mass is 10.1. The first-order chi connectivity index (χ1) is 14.0. The van der Waals surface area contributed by atoms with Gasteiger partial charge in [-0.2, -0.15) is 0 Å². The van der Waals surface area contributed by atoms with Crippen molar-refractivity contribution in [2.24, 2.45) is 0 Å². The van der Waals surface area contributed by atoms with E-state index in [1.807, 2.05) is 13.0 Å². The number of anilines is 2. The minimum absolute atomic E-state index is 0.0932. The van der Waals surface area contributed by atoms with E-state index in [1.165, 1.54) is 22.6 Å². The molecular formula is C22H29N3O3S. The first-order valence-electron chi connectivity index (χ1n) is 10.1. The normalized spacial score (nSPS) is 14.7. The standard InChI is InChI=1S/C22H29N3O3S/c1-4-17-14-18(22(27)28-5-2)21(29-17)23-20(26)15-24-10-12-25(13-11-24)19-9-7-6-8-16(19)3/h6-9,14H,4-5,10-13,15H2,1-3H3,(H,23,26). The Morgan fingerprint density at radius 1 is 1.14 bits per heavy atom. The second-order valence-corrected chi connectivity index (χ2v) is 8.26. The van der Waals surface area contributed by atoms with Crippen molar-refractivity contribution in [2.45, 2.75) is 27.2 Å². The van der Waals surface area contributed by atoms with E-state index in [9.17, 15) is 9.59 Å². The number of nitrogens with zero attached hydrogens (tertiary/aromatic N) is 2. The van der Waals surface area contributed by atoms with Gasteiger partial charge in [0.2, 0.25) is 5.91 Å². The van der Waals surface area contributed by atoms with Gasteiger partial charge >= 0.3 is 5.97 Å². The molecule has 2 aromatic rings. The van der Waals surface area contributed by atoms with Crippen LogP contribution in [0.15, 0.2) is 30.3 Å². The SMILES string of the molecule is CCOC(=O)c1cc(CC)sc1NC(=O)CN1CCN(c2ccccc2C)CC1. The molecule has 0 saturated carbocycles. The number of carbonyl (C=O) groups excluding carboxylic acids is 2. The summed E-state index contributed by atoms with van der Waals surface area (Å²) < 4.78 is 5.12. The third kappa shape index (κ3) is 5.36. The number of carbonyl (C=O) groups is 2. The molecule has 1 fully saturated rings. The molecule has 0 aliphatic carbocycles. The number of esters is 1. The van der Waals surface area contributed by atoms with Gasteiger partial charge in [-0.05, 0) is 38.0 Å². The van der Waals surface area contributed by atoms with Crippen molar-refractivity contribution in [3.05, 3.63) is 46.3 Å². The maximum atomic E-state index is 12.6. The molecule has 0 radical (unpaired) electrons. The maximum absolute atomic E-state index is 12.6. The molecule has 0 spiro atoms. The summed E-state index contributed by atoms with van der Waals surface area (Å²) in [6, 6.07) is 10.2. The second kappa shape index (κ2) is 9.89. The summed E-state index contributed by atoms with van der Waals surface area (Å²) in [6.07, 6.45) is 0.813. The Kier molecular flexibility index (Phi) is 7.28. The third-order valence-electron chi connectivity index (χ3n) is 5.08. The van der Waals surface area contributed by atoms with E-state index in [0.717, 1.165) is 37.5 Å². The summed E-state index contributed by atoms with van der Waals surface area (Å²) >= 11 is 1.44. The lowest BCUT2D eigenvalue weighted by Gasteiger charge is -2.36. The number of ether oxygens (including phenoxy) is 1. The van der Waals surface area contributed by atoms with Gasteiger partial charge in [0.25, 0.3) is 0 Å². The molecule has 1 saturated heterocycles. The number of nitrogens with one attached hydrogen (secondary N) is 1. The zero-order chi connectivity index (χ0) is 20.8. The topological polar surface area (TPSA) is 61.9 Å². The Morgan fingerprint density at radius 3 is 2.52 bits per heavy atom. The van der Waals surface area contributed by atoms with Crippen LogP contribution in [0.25, 0.3) is 0 Å². The van der Waals surface area contributed by atoms with Gasteiger partial charge in [-0.3, -0.25) is 9.69 Å². The van der Waals surface area contributed by atoms with Gasteiger partial charge < -0.3 is 15.0 Å². The van der Waals surface area contributed by atoms with Gasteiger partial charge in [0.1, 0.15) is 5.00 Å². The highest BCUT2D eigenvalue weighted by atomic mass is 32.1. The van der Waals surface area contributed by atoms with E-state index in [4.69, 9.17) is 4.74 Å². The average molecular weight is 416 g/mol. The van der Waals surface area contributed by atoms with Gasteiger partial charge in [-0.25, -0.2) is 4.79 Å². The van der Waals surface area contributed by atoms with Crippen LogP contribution in [0, 0.1) is 6.92 Å². The minimum atomic E-state index is -0.384. The van der Waals surface area contributed by atoms with Crippen molar-refractivity contribution in [1.82, 2.24) is 4.90 Å². The zero-order valence-corrected chi connectivity index (χ0v) is 18.2. The summed E-state index contributed by atoms with van der Waals surface area (Å²) in [4.78, 5) is 30.4. The first kappa shape index (κ1) is 21.3. The van der Waals surface area contributed by atoms with E-state index in [-0.39, 0.29) is 11.9 Å². The zero-order valence-electron chi connectivity index (χ0n) is 17.4. The van der Waals surface area contributed by atoms with Crippen LogP contribution < -0.4 is 10.2 Å². The van der Waals surface area contributed by atoms with Gasteiger partial charge in [-0.1, -0.05) is 25.1 Å². The molecule has 156 valence electrons. The molecule has 6 nitrogen and oxygen atoms in total. The lowest BCUT2D eigenvalue weighted by molar-refractivity contribution is -0.117.